The lowest BCUT2D eigenvalue weighted by Gasteiger charge is -2.32. The van der Waals surface area contributed by atoms with E-state index in [9.17, 15) is 8.42 Å². The Kier molecular flexibility index (Phi) is 5.13. The molecule has 1 aliphatic heterocycles. The number of hydrogen-bond acceptors (Lipinski definition) is 5. The molecule has 0 radical (unpaired) electrons. The van der Waals surface area contributed by atoms with Crippen LogP contribution in [0.25, 0.3) is 0 Å². The van der Waals surface area contributed by atoms with Crippen LogP contribution in [-0.4, -0.2) is 37.4 Å². The summed E-state index contributed by atoms with van der Waals surface area (Å²) in [6, 6.07) is 13.2. The van der Waals surface area contributed by atoms with Gasteiger partial charge in [-0.3, -0.25) is 4.90 Å². The molecule has 0 atom stereocenters. The van der Waals surface area contributed by atoms with Crippen molar-refractivity contribution in [3.05, 3.63) is 54.2 Å². The first-order chi connectivity index (χ1) is 11.5. The second kappa shape index (κ2) is 7.29. The second-order valence-corrected chi connectivity index (χ2v) is 7.75. The lowest BCUT2D eigenvalue weighted by Crippen LogP contribution is -2.44. The topological polar surface area (TPSA) is 88.3 Å². The van der Waals surface area contributed by atoms with Gasteiger partial charge in [-0.1, -0.05) is 30.3 Å². The number of nitrogens with one attached hydrogen (secondary N) is 1. The highest BCUT2D eigenvalue weighted by Crippen LogP contribution is 2.16. The molecule has 1 saturated heterocycles. The zero-order valence-corrected chi connectivity index (χ0v) is 14.2. The molecule has 0 unspecified atom stereocenters. The maximum atomic E-state index is 12.4. The molecule has 0 saturated carbocycles. The molecular weight excluding hydrogens is 324 g/mol. The van der Waals surface area contributed by atoms with Gasteiger partial charge in [0.1, 0.15) is 0 Å². The van der Waals surface area contributed by atoms with Gasteiger partial charge in [-0.25, -0.2) is 18.1 Å². The Balaban J connectivity index is 1.54. The molecule has 3 rings (SSSR count). The number of sulfonamides is 1. The van der Waals surface area contributed by atoms with E-state index >= 15 is 0 Å². The van der Waals surface area contributed by atoms with Gasteiger partial charge in [-0.15, -0.1) is 0 Å². The molecular formula is C17H22N4O2S. The number of aromatic nitrogens is 1. The maximum Gasteiger partial charge on any atom is 0.258 e. The molecule has 1 aromatic carbocycles. The predicted molar refractivity (Wildman–Crippen MR) is 93.7 cm³/mol. The first-order valence-corrected chi connectivity index (χ1v) is 9.51. The van der Waals surface area contributed by atoms with Crippen LogP contribution in [0, 0.1) is 0 Å². The quantitative estimate of drug-likeness (QED) is 0.859. The van der Waals surface area contributed by atoms with Crippen LogP contribution in [0.4, 0.5) is 5.69 Å². The minimum absolute atomic E-state index is 0.0171. The van der Waals surface area contributed by atoms with E-state index in [-0.39, 0.29) is 11.1 Å². The SMILES string of the molecule is Nc1ccc(S(=O)(=O)NC2CCN(Cc3ccccc3)CC2)nc1. The van der Waals surface area contributed by atoms with Crippen LogP contribution in [0.15, 0.2) is 53.7 Å². The summed E-state index contributed by atoms with van der Waals surface area (Å²) in [7, 11) is -3.59. The summed E-state index contributed by atoms with van der Waals surface area (Å²) in [6.07, 6.45) is 2.94. The molecule has 3 N–H and O–H groups in total. The van der Waals surface area contributed by atoms with E-state index in [1.807, 2.05) is 18.2 Å². The van der Waals surface area contributed by atoms with Crippen molar-refractivity contribution in [3.63, 3.8) is 0 Å². The van der Waals surface area contributed by atoms with Gasteiger partial charge in [0, 0.05) is 25.7 Å². The highest BCUT2D eigenvalue weighted by atomic mass is 32.2. The van der Waals surface area contributed by atoms with Gasteiger partial charge in [0.15, 0.2) is 5.03 Å². The number of nitrogen functional groups attached to an aromatic ring is 1. The normalized spacial score (nSPS) is 17.0. The van der Waals surface area contributed by atoms with Gasteiger partial charge in [0.25, 0.3) is 10.0 Å². The van der Waals surface area contributed by atoms with Crippen LogP contribution >= 0.6 is 0 Å². The summed E-state index contributed by atoms with van der Waals surface area (Å²) in [5.41, 5.74) is 7.28. The Labute approximate surface area is 142 Å². The molecule has 24 heavy (non-hydrogen) atoms. The summed E-state index contributed by atoms with van der Waals surface area (Å²) in [5, 5.41) is 0.0171. The average molecular weight is 346 g/mol. The highest BCUT2D eigenvalue weighted by molar-refractivity contribution is 7.89. The van der Waals surface area contributed by atoms with Crippen molar-refractivity contribution in [2.45, 2.75) is 30.5 Å². The molecule has 0 amide bonds. The van der Waals surface area contributed by atoms with E-state index in [4.69, 9.17) is 5.73 Å². The van der Waals surface area contributed by atoms with Crippen molar-refractivity contribution in [1.82, 2.24) is 14.6 Å². The Morgan fingerprint density at radius 3 is 2.46 bits per heavy atom. The zero-order chi connectivity index (χ0) is 17.0. The first kappa shape index (κ1) is 16.9. The van der Waals surface area contributed by atoms with Gasteiger partial charge >= 0.3 is 0 Å². The Hall–Kier alpha value is -1.96. The summed E-state index contributed by atoms with van der Waals surface area (Å²) < 4.78 is 27.5. The van der Waals surface area contributed by atoms with Crippen LogP contribution in [0.3, 0.4) is 0 Å². The third-order valence-electron chi connectivity index (χ3n) is 4.19. The molecule has 1 fully saturated rings. The molecule has 1 aromatic heterocycles. The van der Waals surface area contributed by atoms with Crippen molar-refractivity contribution >= 4 is 15.7 Å². The van der Waals surface area contributed by atoms with Crippen molar-refractivity contribution in [1.29, 1.82) is 0 Å². The monoisotopic (exact) mass is 346 g/mol. The van der Waals surface area contributed by atoms with E-state index in [2.05, 4.69) is 26.7 Å². The molecule has 0 bridgehead atoms. The molecule has 2 heterocycles. The Morgan fingerprint density at radius 1 is 1.12 bits per heavy atom. The van der Waals surface area contributed by atoms with Gasteiger partial charge in [-0.2, -0.15) is 0 Å². The smallest absolute Gasteiger partial charge is 0.258 e. The zero-order valence-electron chi connectivity index (χ0n) is 13.4. The van der Waals surface area contributed by atoms with Gasteiger partial charge in [0.05, 0.1) is 11.9 Å². The second-order valence-electron chi connectivity index (χ2n) is 6.09. The van der Waals surface area contributed by atoms with Crippen LogP contribution in [-0.2, 0) is 16.6 Å². The third-order valence-corrected chi connectivity index (χ3v) is 5.63. The first-order valence-electron chi connectivity index (χ1n) is 8.03. The highest BCUT2D eigenvalue weighted by Gasteiger charge is 2.25. The maximum absolute atomic E-state index is 12.4. The number of rotatable bonds is 5. The average Bonchev–Trinajstić information content (AvgIpc) is 2.58. The number of pyridine rings is 1. The minimum Gasteiger partial charge on any atom is -0.397 e. The number of likely N-dealkylation sites (tertiary alicyclic amines) is 1. The van der Waals surface area contributed by atoms with Crippen LogP contribution < -0.4 is 10.5 Å². The summed E-state index contributed by atoms with van der Waals surface area (Å²) >= 11 is 0. The molecule has 6 nitrogen and oxygen atoms in total. The molecule has 0 aliphatic carbocycles. The lowest BCUT2D eigenvalue weighted by atomic mass is 10.1. The van der Waals surface area contributed by atoms with E-state index in [1.165, 1.54) is 17.8 Å². The molecule has 1 aliphatic rings. The van der Waals surface area contributed by atoms with E-state index in [0.29, 0.717) is 5.69 Å². The third kappa shape index (κ3) is 4.31. The molecule has 7 heteroatoms. The number of benzene rings is 1. The van der Waals surface area contributed by atoms with E-state index in [1.54, 1.807) is 6.07 Å². The fourth-order valence-electron chi connectivity index (χ4n) is 2.88. The van der Waals surface area contributed by atoms with Crippen LogP contribution in [0.1, 0.15) is 18.4 Å². The summed E-state index contributed by atoms with van der Waals surface area (Å²) in [4.78, 5) is 6.25. The fraction of sp³-hybridized carbons (Fsp3) is 0.353. The Morgan fingerprint density at radius 2 is 1.83 bits per heavy atom. The number of nitrogens with zero attached hydrogens (tertiary/aromatic N) is 2. The summed E-state index contributed by atoms with van der Waals surface area (Å²) in [5.74, 6) is 0. The van der Waals surface area contributed by atoms with Gasteiger partial charge < -0.3 is 5.73 Å². The lowest BCUT2D eigenvalue weighted by molar-refractivity contribution is 0.200. The van der Waals surface area contributed by atoms with Crippen molar-refractivity contribution < 1.29 is 8.42 Å². The fourth-order valence-corrected chi connectivity index (χ4v) is 4.11. The van der Waals surface area contributed by atoms with Gasteiger partial charge in [-0.05, 0) is 30.5 Å². The Bertz CT molecular complexity index is 755. The van der Waals surface area contributed by atoms with Crippen LogP contribution in [0.2, 0.25) is 0 Å². The standard InChI is InChI=1S/C17H22N4O2S/c18-15-6-7-17(19-12-15)24(22,23)20-16-8-10-21(11-9-16)13-14-4-2-1-3-5-14/h1-7,12,16,20H,8-11,13,18H2. The van der Waals surface area contributed by atoms with Crippen molar-refractivity contribution in [2.24, 2.45) is 0 Å². The van der Waals surface area contributed by atoms with E-state index < -0.39 is 10.0 Å². The molecule has 0 spiro atoms. The minimum atomic E-state index is -3.59. The molecule has 128 valence electrons. The molecule has 2 aromatic rings. The predicted octanol–water partition coefficient (Wildman–Crippen LogP) is 1.61. The van der Waals surface area contributed by atoms with Crippen molar-refractivity contribution in [2.75, 3.05) is 18.8 Å². The largest absolute Gasteiger partial charge is 0.397 e. The van der Waals surface area contributed by atoms with E-state index in [0.717, 1.165) is 32.5 Å². The number of nitrogens with two attached hydrogens (primary N) is 1. The number of hydrogen-bond donors (Lipinski definition) is 2. The van der Waals surface area contributed by atoms with Crippen molar-refractivity contribution in [3.8, 4) is 0 Å². The number of anilines is 1. The number of piperidine rings is 1. The van der Waals surface area contributed by atoms with Gasteiger partial charge in [0.2, 0.25) is 0 Å². The summed E-state index contributed by atoms with van der Waals surface area (Å²) in [6.45, 7) is 2.65. The van der Waals surface area contributed by atoms with Crippen LogP contribution in [0.5, 0.6) is 0 Å².